The van der Waals surface area contributed by atoms with Gasteiger partial charge < -0.3 is 15.5 Å². The van der Waals surface area contributed by atoms with E-state index in [4.69, 9.17) is 0 Å². The Balaban J connectivity index is 2.03. The van der Waals surface area contributed by atoms with Crippen LogP contribution in [0.2, 0.25) is 0 Å². The summed E-state index contributed by atoms with van der Waals surface area (Å²) < 4.78 is 0. The zero-order valence-corrected chi connectivity index (χ0v) is 14.0. The summed E-state index contributed by atoms with van der Waals surface area (Å²) in [5.74, 6) is -0.0488. The second-order valence-corrected chi connectivity index (χ2v) is 6.95. The van der Waals surface area contributed by atoms with Gasteiger partial charge in [-0.25, -0.2) is 4.79 Å². The highest BCUT2D eigenvalue weighted by Gasteiger charge is 2.34. The molecule has 1 fully saturated rings. The lowest BCUT2D eigenvalue weighted by Crippen LogP contribution is -2.51. The van der Waals surface area contributed by atoms with Gasteiger partial charge in [0.1, 0.15) is 6.04 Å². The molecule has 0 spiro atoms. The van der Waals surface area contributed by atoms with E-state index in [1.165, 1.54) is 5.56 Å². The second kappa shape index (κ2) is 5.99. The molecule has 1 unspecified atom stereocenters. The van der Waals surface area contributed by atoms with E-state index in [0.717, 1.165) is 11.3 Å². The number of carbonyl (C=O) groups is 2. The van der Waals surface area contributed by atoms with Gasteiger partial charge in [-0.2, -0.15) is 0 Å². The first-order valence-electron chi connectivity index (χ1n) is 7.65. The number of urea groups is 1. The van der Waals surface area contributed by atoms with Crippen LogP contribution in [-0.2, 0) is 4.79 Å². The smallest absolute Gasteiger partial charge is 0.315 e. The van der Waals surface area contributed by atoms with E-state index in [0.29, 0.717) is 13.0 Å². The van der Waals surface area contributed by atoms with Crippen LogP contribution in [0.4, 0.5) is 10.5 Å². The van der Waals surface area contributed by atoms with Crippen molar-refractivity contribution in [2.45, 2.75) is 52.6 Å². The largest absolute Gasteiger partial charge is 0.334 e. The quantitative estimate of drug-likeness (QED) is 0.882. The van der Waals surface area contributed by atoms with Crippen LogP contribution in [0, 0.1) is 13.8 Å². The van der Waals surface area contributed by atoms with Crippen LogP contribution in [-0.4, -0.2) is 30.1 Å². The maximum absolute atomic E-state index is 12.5. The lowest BCUT2D eigenvalue weighted by atomic mass is 10.1. The van der Waals surface area contributed by atoms with Crippen molar-refractivity contribution in [3.8, 4) is 0 Å². The maximum atomic E-state index is 12.5. The third-order valence-electron chi connectivity index (χ3n) is 3.80. The molecule has 22 heavy (non-hydrogen) atoms. The van der Waals surface area contributed by atoms with Gasteiger partial charge in [0, 0.05) is 17.8 Å². The highest BCUT2D eigenvalue weighted by atomic mass is 16.2. The molecule has 0 bridgehead atoms. The molecule has 0 aliphatic carbocycles. The van der Waals surface area contributed by atoms with Crippen LogP contribution in [0.25, 0.3) is 0 Å². The van der Waals surface area contributed by atoms with E-state index in [-0.39, 0.29) is 17.5 Å². The molecule has 0 saturated carbocycles. The molecule has 1 aromatic carbocycles. The molecule has 3 amide bonds. The number of rotatable bonds is 2. The lowest BCUT2D eigenvalue weighted by molar-refractivity contribution is -0.118. The SMILES string of the molecule is Cc1ccc(N2CCC(NC(=O)NC(C)(C)C)C2=O)cc1C. The maximum Gasteiger partial charge on any atom is 0.315 e. The van der Waals surface area contributed by atoms with Gasteiger partial charge in [0.15, 0.2) is 0 Å². The van der Waals surface area contributed by atoms with Crippen molar-refractivity contribution >= 4 is 17.6 Å². The van der Waals surface area contributed by atoms with Crippen molar-refractivity contribution < 1.29 is 9.59 Å². The molecule has 1 atom stereocenters. The molecule has 1 aliphatic rings. The second-order valence-electron chi connectivity index (χ2n) is 6.95. The Kier molecular flexibility index (Phi) is 4.44. The zero-order chi connectivity index (χ0) is 16.5. The highest BCUT2D eigenvalue weighted by molar-refractivity contribution is 6.01. The van der Waals surface area contributed by atoms with Gasteiger partial charge in [0.2, 0.25) is 5.91 Å². The molecule has 1 saturated heterocycles. The Hall–Kier alpha value is -2.04. The van der Waals surface area contributed by atoms with E-state index in [2.05, 4.69) is 10.6 Å². The summed E-state index contributed by atoms with van der Waals surface area (Å²) in [7, 11) is 0. The van der Waals surface area contributed by atoms with Gasteiger partial charge in [0.25, 0.3) is 0 Å². The van der Waals surface area contributed by atoms with Crippen LogP contribution in [0.1, 0.15) is 38.3 Å². The molecule has 1 heterocycles. The van der Waals surface area contributed by atoms with Gasteiger partial charge >= 0.3 is 6.03 Å². The molecule has 5 heteroatoms. The summed E-state index contributed by atoms with van der Waals surface area (Å²) in [4.78, 5) is 26.1. The van der Waals surface area contributed by atoms with Crippen LogP contribution in [0.5, 0.6) is 0 Å². The Morgan fingerprint density at radius 3 is 2.50 bits per heavy atom. The zero-order valence-electron chi connectivity index (χ0n) is 14.0. The van der Waals surface area contributed by atoms with Crippen LogP contribution < -0.4 is 15.5 Å². The Morgan fingerprint density at radius 1 is 1.23 bits per heavy atom. The van der Waals surface area contributed by atoms with Crippen molar-refractivity contribution in [3.05, 3.63) is 29.3 Å². The minimum atomic E-state index is -0.455. The molecule has 1 aliphatic heterocycles. The molecule has 5 nitrogen and oxygen atoms in total. The number of benzene rings is 1. The van der Waals surface area contributed by atoms with Crippen molar-refractivity contribution in [2.24, 2.45) is 0 Å². The fourth-order valence-corrected chi connectivity index (χ4v) is 2.50. The van der Waals surface area contributed by atoms with Crippen LogP contribution in [0.15, 0.2) is 18.2 Å². The summed E-state index contributed by atoms with van der Waals surface area (Å²) in [5.41, 5.74) is 2.94. The fourth-order valence-electron chi connectivity index (χ4n) is 2.50. The Labute approximate surface area is 132 Å². The summed E-state index contributed by atoms with van der Waals surface area (Å²) in [6.07, 6.45) is 0.628. The van der Waals surface area contributed by atoms with Crippen molar-refractivity contribution in [1.82, 2.24) is 10.6 Å². The first kappa shape index (κ1) is 16.3. The molecular formula is C17H25N3O2. The monoisotopic (exact) mass is 303 g/mol. The standard InChI is InChI=1S/C17H25N3O2/c1-11-6-7-13(10-12(11)2)20-9-8-14(15(20)21)18-16(22)19-17(3,4)5/h6-7,10,14H,8-9H2,1-5H3,(H2,18,19,22). The number of anilines is 1. The average Bonchev–Trinajstić information content (AvgIpc) is 2.72. The van der Waals surface area contributed by atoms with Crippen molar-refractivity contribution in [1.29, 1.82) is 0 Å². The van der Waals surface area contributed by atoms with Gasteiger partial charge in [-0.15, -0.1) is 0 Å². The van der Waals surface area contributed by atoms with E-state index in [1.807, 2.05) is 52.8 Å². The normalized spacial score (nSPS) is 18.5. The number of nitrogens with one attached hydrogen (secondary N) is 2. The predicted molar refractivity (Wildman–Crippen MR) is 88.1 cm³/mol. The molecule has 2 rings (SSSR count). The fraction of sp³-hybridized carbons (Fsp3) is 0.529. The molecule has 120 valence electrons. The number of hydrogen-bond acceptors (Lipinski definition) is 2. The molecular weight excluding hydrogens is 278 g/mol. The van der Waals surface area contributed by atoms with E-state index >= 15 is 0 Å². The number of aryl methyl sites for hydroxylation is 2. The van der Waals surface area contributed by atoms with Gasteiger partial charge in [-0.05, 0) is 64.3 Å². The Bertz CT molecular complexity index is 590. The third-order valence-corrected chi connectivity index (χ3v) is 3.80. The third kappa shape index (κ3) is 3.78. The summed E-state index contributed by atoms with van der Waals surface area (Å²) >= 11 is 0. The number of hydrogen-bond donors (Lipinski definition) is 2. The average molecular weight is 303 g/mol. The summed E-state index contributed by atoms with van der Waals surface area (Å²) in [6.45, 7) is 10.4. The summed E-state index contributed by atoms with van der Waals surface area (Å²) in [6, 6.07) is 5.24. The van der Waals surface area contributed by atoms with Crippen LogP contribution >= 0.6 is 0 Å². The van der Waals surface area contributed by atoms with Gasteiger partial charge in [0.05, 0.1) is 0 Å². The number of nitrogens with zero attached hydrogens (tertiary/aromatic N) is 1. The topological polar surface area (TPSA) is 61.4 Å². The van der Waals surface area contributed by atoms with Crippen molar-refractivity contribution in [2.75, 3.05) is 11.4 Å². The van der Waals surface area contributed by atoms with E-state index < -0.39 is 6.04 Å². The molecule has 0 radical (unpaired) electrons. The first-order chi connectivity index (χ1) is 10.2. The number of carbonyl (C=O) groups excluding carboxylic acids is 2. The van der Waals surface area contributed by atoms with Gasteiger partial charge in [-0.1, -0.05) is 6.07 Å². The van der Waals surface area contributed by atoms with E-state index in [9.17, 15) is 9.59 Å². The minimum absolute atomic E-state index is 0.0488. The van der Waals surface area contributed by atoms with Crippen molar-refractivity contribution in [3.63, 3.8) is 0 Å². The van der Waals surface area contributed by atoms with E-state index in [1.54, 1.807) is 4.90 Å². The highest BCUT2D eigenvalue weighted by Crippen LogP contribution is 2.24. The van der Waals surface area contributed by atoms with Gasteiger partial charge in [-0.3, -0.25) is 4.79 Å². The molecule has 2 N–H and O–H groups in total. The molecule has 1 aromatic rings. The number of amides is 3. The Morgan fingerprint density at radius 2 is 1.91 bits per heavy atom. The predicted octanol–water partition coefficient (Wildman–Crippen LogP) is 2.51. The summed E-state index contributed by atoms with van der Waals surface area (Å²) in [5, 5.41) is 5.59. The molecule has 0 aromatic heterocycles. The lowest BCUT2D eigenvalue weighted by Gasteiger charge is -2.22. The van der Waals surface area contributed by atoms with Crippen LogP contribution in [0.3, 0.4) is 0 Å². The first-order valence-corrected chi connectivity index (χ1v) is 7.65. The minimum Gasteiger partial charge on any atom is -0.334 e.